The maximum Gasteiger partial charge on any atom is 0.223 e. The molecule has 0 saturated carbocycles. The van der Waals surface area contributed by atoms with Crippen LogP contribution in [0.4, 0.5) is 5.82 Å². The number of rotatable bonds is 5. The van der Waals surface area contributed by atoms with Gasteiger partial charge in [0.05, 0.1) is 25.1 Å². The van der Waals surface area contributed by atoms with Crippen LogP contribution >= 0.6 is 11.3 Å². The molecule has 2 aromatic rings. The molecule has 2 fully saturated rings. The van der Waals surface area contributed by atoms with Crippen LogP contribution < -0.4 is 10.2 Å². The van der Waals surface area contributed by atoms with Crippen molar-refractivity contribution in [1.29, 1.82) is 0 Å². The normalized spacial score (nSPS) is 20.6. The van der Waals surface area contributed by atoms with Crippen LogP contribution in [-0.4, -0.2) is 66.7 Å². The van der Waals surface area contributed by atoms with Crippen LogP contribution in [-0.2, 0) is 28.9 Å². The highest BCUT2D eigenvalue weighted by molar-refractivity contribution is 7.19. The molecule has 0 radical (unpaired) electrons. The molecule has 0 aromatic carbocycles. The van der Waals surface area contributed by atoms with Crippen LogP contribution in [0.3, 0.4) is 0 Å². The van der Waals surface area contributed by atoms with Gasteiger partial charge in [0.25, 0.3) is 0 Å². The lowest BCUT2D eigenvalue weighted by atomic mass is 9.95. The fourth-order valence-corrected chi connectivity index (χ4v) is 6.23. The molecule has 162 valence electrons. The highest BCUT2D eigenvalue weighted by atomic mass is 32.1. The van der Waals surface area contributed by atoms with E-state index in [1.54, 1.807) is 0 Å². The first-order chi connectivity index (χ1) is 14.7. The average Bonchev–Trinajstić information content (AvgIpc) is 3.35. The van der Waals surface area contributed by atoms with Crippen LogP contribution in [0.15, 0.2) is 0 Å². The van der Waals surface area contributed by atoms with E-state index in [4.69, 9.17) is 14.7 Å². The summed E-state index contributed by atoms with van der Waals surface area (Å²) in [6, 6.07) is 0. The Hall–Kier alpha value is -1.77. The molecule has 0 spiro atoms. The molecule has 2 saturated heterocycles. The molecule has 4 heterocycles. The Bertz CT molecular complexity index is 916. The molecule has 1 N–H and O–H groups in total. The van der Waals surface area contributed by atoms with Crippen molar-refractivity contribution in [2.24, 2.45) is 5.92 Å². The Morgan fingerprint density at radius 2 is 1.97 bits per heavy atom. The predicted octanol–water partition coefficient (Wildman–Crippen LogP) is 2.36. The van der Waals surface area contributed by atoms with Crippen LogP contribution in [0.25, 0.3) is 10.2 Å². The van der Waals surface area contributed by atoms with Gasteiger partial charge in [-0.1, -0.05) is 0 Å². The van der Waals surface area contributed by atoms with Crippen molar-refractivity contribution in [2.75, 3.05) is 50.8 Å². The maximum absolute atomic E-state index is 12.3. The van der Waals surface area contributed by atoms with Gasteiger partial charge in [0.2, 0.25) is 5.91 Å². The third kappa shape index (κ3) is 3.92. The maximum atomic E-state index is 12.3. The first-order valence-corrected chi connectivity index (χ1v) is 12.2. The number of fused-ring (bicyclic) bond motifs is 3. The average molecular weight is 430 g/mol. The number of amides is 1. The molecular weight excluding hydrogens is 398 g/mol. The van der Waals surface area contributed by atoms with Gasteiger partial charge in [0, 0.05) is 43.5 Å². The number of anilines is 1. The number of carbonyl (C=O) groups excluding carboxylic acids is 1. The summed E-state index contributed by atoms with van der Waals surface area (Å²) in [5.41, 5.74) is 1.48. The zero-order valence-corrected chi connectivity index (χ0v) is 18.6. The summed E-state index contributed by atoms with van der Waals surface area (Å²) in [5, 5.41) is 4.27. The number of nitrogens with zero attached hydrogens (tertiary/aromatic N) is 4. The number of thiophene rings is 1. The summed E-state index contributed by atoms with van der Waals surface area (Å²) in [7, 11) is 0. The molecule has 30 heavy (non-hydrogen) atoms. The summed E-state index contributed by atoms with van der Waals surface area (Å²) in [6.07, 6.45) is 5.34. The predicted molar refractivity (Wildman–Crippen MR) is 119 cm³/mol. The third-order valence-electron chi connectivity index (χ3n) is 6.58. The van der Waals surface area contributed by atoms with Gasteiger partial charge < -0.3 is 15.0 Å². The molecular formula is C22H31N5O2S. The van der Waals surface area contributed by atoms with E-state index in [2.05, 4.69) is 15.1 Å². The van der Waals surface area contributed by atoms with E-state index in [-0.39, 0.29) is 11.8 Å². The molecule has 2 aliphatic heterocycles. The molecule has 0 unspecified atom stereocenters. The van der Waals surface area contributed by atoms with E-state index in [0.717, 1.165) is 81.7 Å². The van der Waals surface area contributed by atoms with Crippen molar-refractivity contribution in [1.82, 2.24) is 20.2 Å². The minimum Gasteiger partial charge on any atom is -0.379 e. The number of morpholine rings is 1. The van der Waals surface area contributed by atoms with E-state index in [0.29, 0.717) is 6.54 Å². The lowest BCUT2D eigenvalue weighted by Gasteiger charge is -2.33. The molecule has 1 aliphatic carbocycles. The van der Waals surface area contributed by atoms with E-state index >= 15 is 0 Å². The molecule has 0 atom stereocenters. The Morgan fingerprint density at radius 3 is 2.73 bits per heavy atom. The molecule has 8 heteroatoms. The first kappa shape index (κ1) is 20.2. The summed E-state index contributed by atoms with van der Waals surface area (Å²) in [5.74, 6) is 2.36. The number of hydrogen-bond acceptors (Lipinski definition) is 7. The summed E-state index contributed by atoms with van der Waals surface area (Å²) in [4.78, 5) is 29.8. The zero-order valence-electron chi connectivity index (χ0n) is 17.8. The van der Waals surface area contributed by atoms with Gasteiger partial charge in [-0.3, -0.25) is 9.69 Å². The first-order valence-electron chi connectivity index (χ1n) is 11.4. The lowest BCUT2D eigenvalue weighted by Crippen LogP contribution is -2.41. The Kier molecular flexibility index (Phi) is 5.89. The van der Waals surface area contributed by atoms with Gasteiger partial charge in [-0.15, -0.1) is 11.3 Å². The van der Waals surface area contributed by atoms with Gasteiger partial charge in [-0.25, -0.2) is 9.97 Å². The number of carbonyl (C=O) groups is 1. The van der Waals surface area contributed by atoms with Gasteiger partial charge in [0.1, 0.15) is 16.5 Å². The molecule has 0 bridgehead atoms. The second-order valence-corrected chi connectivity index (χ2v) is 9.63. The van der Waals surface area contributed by atoms with Crippen molar-refractivity contribution in [2.45, 2.75) is 45.6 Å². The Morgan fingerprint density at radius 1 is 1.17 bits per heavy atom. The van der Waals surface area contributed by atoms with Crippen molar-refractivity contribution in [3.8, 4) is 0 Å². The number of nitrogens with one attached hydrogen (secondary N) is 1. The monoisotopic (exact) mass is 429 g/mol. The molecule has 2 aromatic heterocycles. The topological polar surface area (TPSA) is 70.6 Å². The molecule has 1 amide bonds. The quantitative estimate of drug-likeness (QED) is 0.787. The van der Waals surface area contributed by atoms with Crippen LogP contribution in [0.5, 0.6) is 0 Å². The molecule has 7 nitrogen and oxygen atoms in total. The Labute approximate surface area is 181 Å². The SMILES string of the molecule is CCNC(=O)C1CCN(c2nc(CN3CCOCC3)nc3sc4c(c23)CCC4)CC1. The standard InChI is InChI=1S/C22H31N5O2S/c1-2-23-21(28)15-6-8-27(9-7-15)20-19-16-4-3-5-17(16)30-22(19)25-18(24-20)14-26-10-12-29-13-11-26/h15H,2-14H2,1H3,(H,23,28). The van der Waals surface area contributed by atoms with Gasteiger partial charge in [0.15, 0.2) is 0 Å². The number of aromatic nitrogens is 2. The third-order valence-corrected chi connectivity index (χ3v) is 7.76. The number of hydrogen-bond donors (Lipinski definition) is 1. The summed E-state index contributed by atoms with van der Waals surface area (Å²) in [6.45, 7) is 8.70. The number of aryl methyl sites for hydroxylation is 2. The minimum absolute atomic E-state index is 0.125. The zero-order chi connectivity index (χ0) is 20.5. The van der Waals surface area contributed by atoms with E-state index < -0.39 is 0 Å². The van der Waals surface area contributed by atoms with Crippen molar-refractivity contribution in [3.63, 3.8) is 0 Å². The number of ether oxygens (including phenoxy) is 1. The van der Waals surface area contributed by atoms with Crippen molar-refractivity contribution < 1.29 is 9.53 Å². The van der Waals surface area contributed by atoms with Crippen molar-refractivity contribution in [3.05, 3.63) is 16.3 Å². The van der Waals surface area contributed by atoms with Gasteiger partial charge in [-0.2, -0.15) is 0 Å². The van der Waals surface area contributed by atoms with Gasteiger partial charge in [-0.05, 0) is 44.6 Å². The summed E-state index contributed by atoms with van der Waals surface area (Å²) < 4.78 is 5.49. The summed E-state index contributed by atoms with van der Waals surface area (Å²) >= 11 is 1.87. The van der Waals surface area contributed by atoms with Crippen molar-refractivity contribution >= 4 is 33.3 Å². The smallest absolute Gasteiger partial charge is 0.223 e. The largest absolute Gasteiger partial charge is 0.379 e. The second kappa shape index (κ2) is 8.77. The lowest BCUT2D eigenvalue weighted by molar-refractivity contribution is -0.125. The fourth-order valence-electron chi connectivity index (χ4n) is 4.95. The minimum atomic E-state index is 0.125. The van der Waals surface area contributed by atoms with Crippen LogP contribution in [0, 0.1) is 5.92 Å². The second-order valence-electron chi connectivity index (χ2n) is 8.55. The Balaban J connectivity index is 1.43. The fraction of sp³-hybridized carbons (Fsp3) is 0.682. The number of piperidine rings is 1. The highest BCUT2D eigenvalue weighted by Crippen LogP contribution is 2.41. The van der Waals surface area contributed by atoms with E-state index in [9.17, 15) is 4.79 Å². The van der Waals surface area contributed by atoms with Crippen LogP contribution in [0.2, 0.25) is 0 Å². The van der Waals surface area contributed by atoms with E-state index in [1.165, 1.54) is 28.7 Å². The van der Waals surface area contributed by atoms with Gasteiger partial charge >= 0.3 is 0 Å². The van der Waals surface area contributed by atoms with E-state index in [1.807, 2.05) is 18.3 Å². The highest BCUT2D eigenvalue weighted by Gasteiger charge is 2.29. The molecule has 5 rings (SSSR count). The van der Waals surface area contributed by atoms with Crippen LogP contribution in [0.1, 0.15) is 42.5 Å². The molecule has 3 aliphatic rings.